The second-order valence-electron chi connectivity index (χ2n) is 5.44. The van der Waals surface area contributed by atoms with E-state index in [1.807, 2.05) is 6.92 Å². The molecule has 1 fully saturated rings. The summed E-state index contributed by atoms with van der Waals surface area (Å²) in [6.45, 7) is 4.44. The Morgan fingerprint density at radius 2 is 2.10 bits per heavy atom. The summed E-state index contributed by atoms with van der Waals surface area (Å²) in [5.74, 6) is 0. The van der Waals surface area contributed by atoms with Crippen LogP contribution < -0.4 is 0 Å². The number of carbonyl (C=O) groups is 1. The van der Waals surface area contributed by atoms with Crippen LogP contribution in [0.2, 0.25) is 0 Å². The van der Waals surface area contributed by atoms with Gasteiger partial charge in [-0.15, -0.1) is 0 Å². The van der Waals surface area contributed by atoms with Gasteiger partial charge in [-0.05, 0) is 37.3 Å². The monoisotopic (exact) mass is 275 g/mol. The highest BCUT2D eigenvalue weighted by atomic mass is 16.6. The Bertz CT molecular complexity index is 492. The van der Waals surface area contributed by atoms with Crippen molar-refractivity contribution in [2.45, 2.75) is 31.8 Å². The molecule has 1 aromatic carbocycles. The molecule has 0 N–H and O–H groups in total. The first-order valence-corrected chi connectivity index (χ1v) is 7.39. The summed E-state index contributed by atoms with van der Waals surface area (Å²) >= 11 is 0. The fourth-order valence-electron chi connectivity index (χ4n) is 3.30. The minimum absolute atomic E-state index is 0.197. The van der Waals surface area contributed by atoms with Gasteiger partial charge >= 0.3 is 6.09 Å². The van der Waals surface area contributed by atoms with Crippen LogP contribution in [0.1, 0.15) is 30.9 Å². The fourth-order valence-corrected chi connectivity index (χ4v) is 3.30. The summed E-state index contributed by atoms with van der Waals surface area (Å²) in [6, 6.07) is 8.53. The largest absolute Gasteiger partial charge is 0.450 e. The van der Waals surface area contributed by atoms with Crippen LogP contribution >= 0.6 is 0 Å². The third-order valence-corrected chi connectivity index (χ3v) is 4.36. The van der Waals surface area contributed by atoms with E-state index in [0.717, 1.165) is 25.9 Å². The standard InChI is InChI=1S/C16H21NO3/c1-2-19-15(18)17-10-8-16(9-11-17)14-6-4-3-5-13(14)7-12-20-16/h3-6H,2,7-12H2,1H3. The number of ether oxygens (including phenoxy) is 2. The Hall–Kier alpha value is -1.55. The zero-order chi connectivity index (χ0) is 14.0. The summed E-state index contributed by atoms with van der Waals surface area (Å²) in [5, 5.41) is 0. The van der Waals surface area contributed by atoms with Crippen molar-refractivity contribution in [2.24, 2.45) is 0 Å². The maximum atomic E-state index is 11.8. The van der Waals surface area contributed by atoms with E-state index in [4.69, 9.17) is 9.47 Å². The minimum Gasteiger partial charge on any atom is -0.450 e. The summed E-state index contributed by atoms with van der Waals surface area (Å²) in [7, 11) is 0. The van der Waals surface area contributed by atoms with E-state index in [-0.39, 0.29) is 11.7 Å². The third kappa shape index (κ3) is 2.29. The zero-order valence-electron chi connectivity index (χ0n) is 11.9. The summed E-state index contributed by atoms with van der Waals surface area (Å²) in [4.78, 5) is 13.6. The molecule has 0 unspecified atom stereocenters. The number of nitrogens with zero attached hydrogens (tertiary/aromatic N) is 1. The third-order valence-electron chi connectivity index (χ3n) is 4.36. The lowest BCUT2D eigenvalue weighted by Gasteiger charge is -2.44. The van der Waals surface area contributed by atoms with E-state index in [1.54, 1.807) is 4.90 Å². The van der Waals surface area contributed by atoms with Gasteiger partial charge in [0, 0.05) is 13.1 Å². The quantitative estimate of drug-likeness (QED) is 0.791. The molecule has 0 aromatic heterocycles. The van der Waals surface area contributed by atoms with E-state index in [0.29, 0.717) is 19.7 Å². The molecule has 1 spiro atoms. The van der Waals surface area contributed by atoms with E-state index in [9.17, 15) is 4.79 Å². The van der Waals surface area contributed by atoms with Crippen LogP contribution in [-0.4, -0.2) is 37.3 Å². The maximum Gasteiger partial charge on any atom is 0.409 e. The lowest BCUT2D eigenvalue weighted by molar-refractivity contribution is -0.0952. The molecule has 2 heterocycles. The first-order valence-electron chi connectivity index (χ1n) is 7.39. The van der Waals surface area contributed by atoms with Crippen LogP contribution in [0.4, 0.5) is 4.79 Å². The van der Waals surface area contributed by atoms with Gasteiger partial charge < -0.3 is 14.4 Å². The number of likely N-dealkylation sites (tertiary alicyclic amines) is 1. The van der Waals surface area contributed by atoms with Crippen molar-refractivity contribution < 1.29 is 14.3 Å². The van der Waals surface area contributed by atoms with Crippen molar-refractivity contribution in [3.8, 4) is 0 Å². The molecule has 4 nitrogen and oxygen atoms in total. The van der Waals surface area contributed by atoms with Crippen molar-refractivity contribution >= 4 is 6.09 Å². The predicted octanol–water partition coefficient (Wildman–Crippen LogP) is 2.71. The number of fused-ring (bicyclic) bond motifs is 2. The molecule has 0 bridgehead atoms. The number of hydrogen-bond donors (Lipinski definition) is 0. The second kappa shape index (κ2) is 5.44. The van der Waals surface area contributed by atoms with Gasteiger partial charge in [0.2, 0.25) is 0 Å². The van der Waals surface area contributed by atoms with Gasteiger partial charge in [0.25, 0.3) is 0 Å². The van der Waals surface area contributed by atoms with Gasteiger partial charge in [0.1, 0.15) is 0 Å². The van der Waals surface area contributed by atoms with E-state index in [2.05, 4.69) is 24.3 Å². The molecule has 1 saturated heterocycles. The smallest absolute Gasteiger partial charge is 0.409 e. The molecule has 20 heavy (non-hydrogen) atoms. The Kier molecular flexibility index (Phi) is 3.66. The summed E-state index contributed by atoms with van der Waals surface area (Å²) in [6.07, 6.45) is 2.48. The highest BCUT2D eigenvalue weighted by Gasteiger charge is 2.41. The number of hydrogen-bond acceptors (Lipinski definition) is 3. The van der Waals surface area contributed by atoms with Crippen LogP contribution in [0.3, 0.4) is 0 Å². The molecule has 4 heteroatoms. The lowest BCUT2D eigenvalue weighted by Crippen LogP contribution is -2.48. The SMILES string of the molecule is CCOC(=O)N1CCC2(CC1)OCCc1ccccc12. The van der Waals surface area contributed by atoms with Crippen molar-refractivity contribution in [1.29, 1.82) is 0 Å². The Labute approximate surface area is 119 Å². The average Bonchev–Trinajstić information content (AvgIpc) is 2.49. The predicted molar refractivity (Wildman–Crippen MR) is 75.6 cm³/mol. The van der Waals surface area contributed by atoms with Crippen molar-refractivity contribution in [3.63, 3.8) is 0 Å². The molecule has 0 saturated carbocycles. The summed E-state index contributed by atoms with van der Waals surface area (Å²) in [5.41, 5.74) is 2.51. The molecule has 2 aliphatic rings. The van der Waals surface area contributed by atoms with Gasteiger partial charge in [-0.3, -0.25) is 0 Å². The minimum atomic E-state index is -0.202. The molecule has 1 amide bonds. The van der Waals surface area contributed by atoms with E-state index in [1.165, 1.54) is 11.1 Å². The van der Waals surface area contributed by atoms with Gasteiger partial charge in [-0.2, -0.15) is 0 Å². The van der Waals surface area contributed by atoms with E-state index < -0.39 is 0 Å². The highest BCUT2D eigenvalue weighted by molar-refractivity contribution is 5.67. The molecule has 3 rings (SSSR count). The van der Waals surface area contributed by atoms with Crippen LogP contribution in [0, 0.1) is 0 Å². The van der Waals surface area contributed by atoms with Crippen LogP contribution in [0.25, 0.3) is 0 Å². The van der Waals surface area contributed by atoms with E-state index >= 15 is 0 Å². The van der Waals surface area contributed by atoms with Gasteiger partial charge in [-0.25, -0.2) is 4.79 Å². The molecular formula is C16H21NO3. The molecule has 0 radical (unpaired) electrons. The Balaban J connectivity index is 1.76. The highest BCUT2D eigenvalue weighted by Crippen LogP contribution is 2.41. The lowest BCUT2D eigenvalue weighted by atomic mass is 9.79. The summed E-state index contributed by atoms with van der Waals surface area (Å²) < 4.78 is 11.2. The van der Waals surface area contributed by atoms with Crippen molar-refractivity contribution in [3.05, 3.63) is 35.4 Å². The van der Waals surface area contributed by atoms with Crippen LogP contribution in [0.5, 0.6) is 0 Å². The van der Waals surface area contributed by atoms with Crippen LogP contribution in [-0.2, 0) is 21.5 Å². The van der Waals surface area contributed by atoms with Gasteiger partial charge in [-0.1, -0.05) is 24.3 Å². The number of carbonyl (C=O) groups excluding carboxylic acids is 1. The number of benzene rings is 1. The fraction of sp³-hybridized carbons (Fsp3) is 0.562. The van der Waals surface area contributed by atoms with Crippen LogP contribution in [0.15, 0.2) is 24.3 Å². The number of amides is 1. The zero-order valence-corrected chi connectivity index (χ0v) is 11.9. The Morgan fingerprint density at radius 1 is 1.35 bits per heavy atom. The normalized spacial score (nSPS) is 20.6. The van der Waals surface area contributed by atoms with Gasteiger partial charge in [0.15, 0.2) is 0 Å². The maximum absolute atomic E-state index is 11.8. The molecule has 0 aliphatic carbocycles. The molecule has 0 atom stereocenters. The molecule has 1 aromatic rings. The van der Waals surface area contributed by atoms with Gasteiger partial charge in [0.05, 0.1) is 18.8 Å². The van der Waals surface area contributed by atoms with Crippen molar-refractivity contribution in [1.82, 2.24) is 4.90 Å². The molecule has 108 valence electrons. The van der Waals surface area contributed by atoms with Crippen molar-refractivity contribution in [2.75, 3.05) is 26.3 Å². The number of piperidine rings is 1. The first kappa shape index (κ1) is 13.4. The topological polar surface area (TPSA) is 38.8 Å². The average molecular weight is 275 g/mol. The molecular weight excluding hydrogens is 254 g/mol. The second-order valence-corrected chi connectivity index (χ2v) is 5.44. The number of rotatable bonds is 1. The first-order chi connectivity index (χ1) is 9.75. The Morgan fingerprint density at radius 3 is 2.85 bits per heavy atom. The molecule has 2 aliphatic heterocycles.